The number of hydrogen-bond acceptors (Lipinski definition) is 4. The van der Waals surface area contributed by atoms with Gasteiger partial charge in [-0.3, -0.25) is 9.78 Å². The molecule has 0 unspecified atom stereocenters. The molecule has 0 aliphatic heterocycles. The molecular formula is C13H14N2O4S. The van der Waals surface area contributed by atoms with Gasteiger partial charge >= 0.3 is 5.97 Å². The van der Waals surface area contributed by atoms with Crippen LogP contribution in [0.4, 0.5) is 0 Å². The Balaban J connectivity index is 2.58. The number of fused-ring (bicyclic) bond motifs is 1. The molecule has 20 heavy (non-hydrogen) atoms. The summed E-state index contributed by atoms with van der Waals surface area (Å²) in [5.41, 5.74) is 1.43. The molecule has 0 spiro atoms. The number of aromatic nitrogens is 1. The van der Waals surface area contributed by atoms with E-state index in [0.29, 0.717) is 10.9 Å². The average Bonchev–Trinajstić information content (AvgIpc) is 2.38. The minimum atomic E-state index is -3.92. The molecule has 0 bridgehead atoms. The first-order chi connectivity index (χ1) is 9.33. The third-order valence-corrected chi connectivity index (χ3v) is 4.52. The smallest absolute Gasteiger partial charge is 0.321 e. The molecule has 0 saturated heterocycles. The Kier molecular flexibility index (Phi) is 3.74. The van der Waals surface area contributed by atoms with E-state index < -0.39 is 22.0 Å². The van der Waals surface area contributed by atoms with Crippen LogP contribution in [0.1, 0.15) is 12.5 Å². The van der Waals surface area contributed by atoms with Crippen LogP contribution in [0.25, 0.3) is 10.9 Å². The lowest BCUT2D eigenvalue weighted by Gasteiger charge is -2.12. The summed E-state index contributed by atoms with van der Waals surface area (Å²) in [4.78, 5) is 15.0. The average molecular weight is 294 g/mol. The number of hydrogen-bond donors (Lipinski definition) is 2. The van der Waals surface area contributed by atoms with Gasteiger partial charge in [0, 0.05) is 11.6 Å². The molecule has 0 amide bonds. The molecule has 7 heteroatoms. The Morgan fingerprint density at radius 1 is 1.35 bits per heavy atom. The second-order valence-electron chi connectivity index (χ2n) is 4.46. The normalized spacial score (nSPS) is 13.3. The summed E-state index contributed by atoms with van der Waals surface area (Å²) in [6.07, 6.45) is 1.58. The van der Waals surface area contributed by atoms with Gasteiger partial charge in [-0.15, -0.1) is 0 Å². The maximum absolute atomic E-state index is 12.3. The molecule has 1 heterocycles. The highest BCUT2D eigenvalue weighted by atomic mass is 32.2. The van der Waals surface area contributed by atoms with E-state index in [-0.39, 0.29) is 4.90 Å². The van der Waals surface area contributed by atoms with Gasteiger partial charge in [-0.2, -0.15) is 4.72 Å². The van der Waals surface area contributed by atoms with Crippen LogP contribution in [0.5, 0.6) is 0 Å². The van der Waals surface area contributed by atoms with E-state index in [4.69, 9.17) is 5.11 Å². The van der Waals surface area contributed by atoms with Crippen molar-refractivity contribution < 1.29 is 18.3 Å². The van der Waals surface area contributed by atoms with Crippen molar-refractivity contribution in [3.8, 4) is 0 Å². The molecule has 2 N–H and O–H groups in total. The third kappa shape index (κ3) is 2.63. The van der Waals surface area contributed by atoms with Crippen LogP contribution >= 0.6 is 0 Å². The van der Waals surface area contributed by atoms with Crippen LogP contribution < -0.4 is 4.72 Å². The maximum atomic E-state index is 12.3. The van der Waals surface area contributed by atoms with E-state index in [1.54, 1.807) is 24.4 Å². The Hall–Kier alpha value is -1.99. The lowest BCUT2D eigenvalue weighted by molar-refractivity contribution is -0.138. The highest BCUT2D eigenvalue weighted by Gasteiger charge is 2.23. The molecule has 0 radical (unpaired) electrons. The lowest BCUT2D eigenvalue weighted by atomic mass is 10.1. The van der Waals surface area contributed by atoms with E-state index in [9.17, 15) is 13.2 Å². The fourth-order valence-electron chi connectivity index (χ4n) is 1.87. The van der Waals surface area contributed by atoms with Gasteiger partial charge in [-0.05, 0) is 37.6 Å². The van der Waals surface area contributed by atoms with Crippen LogP contribution in [0.15, 0.2) is 35.4 Å². The van der Waals surface area contributed by atoms with Crippen LogP contribution in [0, 0.1) is 6.92 Å². The highest BCUT2D eigenvalue weighted by molar-refractivity contribution is 7.89. The molecule has 0 fully saturated rings. The number of carboxylic acid groups (broad SMARTS) is 1. The summed E-state index contributed by atoms with van der Waals surface area (Å²) in [6.45, 7) is 3.10. The zero-order valence-corrected chi connectivity index (χ0v) is 11.8. The van der Waals surface area contributed by atoms with Gasteiger partial charge < -0.3 is 5.11 Å². The fraction of sp³-hybridized carbons (Fsp3) is 0.231. The molecule has 1 aromatic carbocycles. The van der Waals surface area contributed by atoms with Gasteiger partial charge in [-0.1, -0.05) is 6.07 Å². The first-order valence-electron chi connectivity index (χ1n) is 5.92. The topological polar surface area (TPSA) is 96.4 Å². The summed E-state index contributed by atoms with van der Waals surface area (Å²) in [7, 11) is -3.92. The minimum absolute atomic E-state index is 0.0271. The molecule has 2 aromatic rings. The van der Waals surface area contributed by atoms with E-state index >= 15 is 0 Å². The molecule has 106 valence electrons. The molecule has 0 aliphatic rings. The minimum Gasteiger partial charge on any atom is -0.480 e. The van der Waals surface area contributed by atoms with Crippen molar-refractivity contribution in [1.82, 2.24) is 9.71 Å². The quantitative estimate of drug-likeness (QED) is 0.886. The molecule has 6 nitrogen and oxygen atoms in total. The van der Waals surface area contributed by atoms with Crippen molar-refractivity contribution in [3.05, 3.63) is 36.0 Å². The summed E-state index contributed by atoms with van der Waals surface area (Å²) >= 11 is 0. The molecule has 1 atom stereocenters. The second kappa shape index (κ2) is 5.18. The number of aryl methyl sites for hydroxylation is 1. The van der Waals surface area contributed by atoms with E-state index in [1.807, 2.05) is 6.92 Å². The van der Waals surface area contributed by atoms with Gasteiger partial charge in [0.15, 0.2) is 0 Å². The molecule has 1 aromatic heterocycles. The molecule has 2 rings (SSSR count). The van der Waals surface area contributed by atoms with Crippen LogP contribution in [-0.4, -0.2) is 30.5 Å². The van der Waals surface area contributed by atoms with Crippen molar-refractivity contribution >= 4 is 26.9 Å². The van der Waals surface area contributed by atoms with Crippen LogP contribution in [-0.2, 0) is 14.8 Å². The Morgan fingerprint density at radius 3 is 2.70 bits per heavy atom. The van der Waals surface area contributed by atoms with Gasteiger partial charge in [0.25, 0.3) is 0 Å². The largest absolute Gasteiger partial charge is 0.480 e. The van der Waals surface area contributed by atoms with E-state index in [0.717, 1.165) is 5.56 Å². The van der Waals surface area contributed by atoms with E-state index in [1.165, 1.54) is 13.0 Å². The van der Waals surface area contributed by atoms with Gasteiger partial charge in [0.2, 0.25) is 10.0 Å². The third-order valence-electron chi connectivity index (χ3n) is 2.92. The number of nitrogens with one attached hydrogen (secondary N) is 1. The predicted octanol–water partition coefficient (Wildman–Crippen LogP) is 1.29. The second-order valence-corrected chi connectivity index (χ2v) is 6.14. The number of rotatable bonds is 4. The predicted molar refractivity (Wildman–Crippen MR) is 73.9 cm³/mol. The van der Waals surface area contributed by atoms with Crippen molar-refractivity contribution in [2.24, 2.45) is 0 Å². The summed E-state index contributed by atoms with van der Waals surface area (Å²) in [5, 5.41) is 9.28. The fourth-order valence-corrected chi connectivity index (χ4v) is 3.26. The monoisotopic (exact) mass is 294 g/mol. The highest BCUT2D eigenvalue weighted by Crippen LogP contribution is 2.24. The number of benzene rings is 1. The van der Waals surface area contributed by atoms with Gasteiger partial charge in [0.1, 0.15) is 6.04 Å². The van der Waals surface area contributed by atoms with E-state index in [2.05, 4.69) is 9.71 Å². The standard InChI is InChI=1S/C13H14N2O4S/c1-8-5-6-11(10-4-3-7-14-12(8)10)20(18,19)15-9(2)13(16)17/h3-7,9,15H,1-2H3,(H,16,17)/t9-/m0/s1. The molecule has 0 saturated carbocycles. The van der Waals surface area contributed by atoms with Crippen LogP contribution in [0.2, 0.25) is 0 Å². The van der Waals surface area contributed by atoms with Crippen molar-refractivity contribution in [2.75, 3.05) is 0 Å². The number of sulfonamides is 1. The zero-order chi connectivity index (χ0) is 14.9. The Bertz CT molecular complexity index is 771. The number of aliphatic carboxylic acids is 1. The van der Waals surface area contributed by atoms with Crippen molar-refractivity contribution in [1.29, 1.82) is 0 Å². The van der Waals surface area contributed by atoms with Gasteiger partial charge in [0.05, 0.1) is 10.4 Å². The Labute approximate surface area is 116 Å². The molecular weight excluding hydrogens is 280 g/mol. The van der Waals surface area contributed by atoms with Crippen molar-refractivity contribution in [2.45, 2.75) is 24.8 Å². The van der Waals surface area contributed by atoms with Crippen molar-refractivity contribution in [3.63, 3.8) is 0 Å². The number of carboxylic acids is 1. The SMILES string of the molecule is Cc1ccc(S(=O)(=O)N[C@@H](C)C(=O)O)c2cccnc12. The summed E-state index contributed by atoms with van der Waals surface area (Å²) < 4.78 is 26.7. The lowest BCUT2D eigenvalue weighted by Crippen LogP contribution is -2.38. The first kappa shape index (κ1) is 14.4. The number of pyridine rings is 1. The number of nitrogens with zero attached hydrogens (tertiary/aromatic N) is 1. The molecule has 0 aliphatic carbocycles. The van der Waals surface area contributed by atoms with Gasteiger partial charge in [-0.25, -0.2) is 8.42 Å². The zero-order valence-electron chi connectivity index (χ0n) is 11.0. The summed E-state index contributed by atoms with van der Waals surface area (Å²) in [5.74, 6) is -1.23. The Morgan fingerprint density at radius 2 is 2.05 bits per heavy atom. The summed E-state index contributed by atoms with van der Waals surface area (Å²) in [6, 6.07) is 5.19. The first-order valence-corrected chi connectivity index (χ1v) is 7.41. The van der Waals surface area contributed by atoms with Crippen LogP contribution in [0.3, 0.4) is 0 Å². The maximum Gasteiger partial charge on any atom is 0.321 e. The number of carbonyl (C=O) groups is 1.